The fourth-order valence-corrected chi connectivity index (χ4v) is 3.07. The highest BCUT2D eigenvalue weighted by Gasteiger charge is 2.13. The molecule has 0 saturated carbocycles. The molecule has 0 aromatic heterocycles. The van der Waals surface area contributed by atoms with Crippen molar-refractivity contribution in [2.24, 2.45) is 0 Å². The van der Waals surface area contributed by atoms with Crippen molar-refractivity contribution in [2.75, 3.05) is 20.1 Å². The van der Waals surface area contributed by atoms with Crippen molar-refractivity contribution in [3.63, 3.8) is 0 Å². The molecule has 106 valence electrons. The molecule has 1 atom stereocenters. The number of rotatable bonds is 6. The first-order chi connectivity index (χ1) is 9.33. The van der Waals surface area contributed by atoms with Gasteiger partial charge in [0.15, 0.2) is 0 Å². The molecule has 0 bridgehead atoms. The van der Waals surface area contributed by atoms with Gasteiger partial charge in [0.2, 0.25) is 0 Å². The summed E-state index contributed by atoms with van der Waals surface area (Å²) in [5.74, 6) is 0. The minimum absolute atomic E-state index is 0.694. The van der Waals surface area contributed by atoms with E-state index in [9.17, 15) is 0 Å². The Morgan fingerprint density at radius 3 is 2.79 bits per heavy atom. The van der Waals surface area contributed by atoms with Gasteiger partial charge in [-0.3, -0.25) is 4.90 Å². The van der Waals surface area contributed by atoms with Gasteiger partial charge in [0, 0.05) is 12.6 Å². The predicted molar refractivity (Wildman–Crippen MR) is 82.4 cm³/mol. The molecule has 0 fully saturated rings. The SMILES string of the molecule is CCC(CCCN1CCCc2ccccc2C1)NC. The van der Waals surface area contributed by atoms with Crippen molar-refractivity contribution in [3.8, 4) is 0 Å². The van der Waals surface area contributed by atoms with Gasteiger partial charge in [-0.05, 0) is 63.4 Å². The Morgan fingerprint density at radius 2 is 2.05 bits per heavy atom. The van der Waals surface area contributed by atoms with Gasteiger partial charge in [-0.15, -0.1) is 0 Å². The number of hydrogen-bond donors (Lipinski definition) is 1. The normalized spacial score (nSPS) is 17.8. The Bertz CT molecular complexity index is 371. The summed E-state index contributed by atoms with van der Waals surface area (Å²) in [7, 11) is 2.08. The van der Waals surface area contributed by atoms with Gasteiger partial charge in [-0.1, -0.05) is 31.2 Å². The van der Waals surface area contributed by atoms with Crippen molar-refractivity contribution < 1.29 is 0 Å². The van der Waals surface area contributed by atoms with E-state index >= 15 is 0 Å². The molecule has 2 heteroatoms. The molecule has 1 unspecified atom stereocenters. The Morgan fingerprint density at radius 1 is 1.26 bits per heavy atom. The van der Waals surface area contributed by atoms with Gasteiger partial charge in [0.05, 0.1) is 0 Å². The second-order valence-electron chi connectivity index (χ2n) is 5.68. The monoisotopic (exact) mass is 260 g/mol. The first-order valence-electron chi connectivity index (χ1n) is 7.80. The van der Waals surface area contributed by atoms with Gasteiger partial charge < -0.3 is 5.32 Å². The van der Waals surface area contributed by atoms with E-state index in [0.29, 0.717) is 6.04 Å². The van der Waals surface area contributed by atoms with E-state index in [1.165, 1.54) is 45.2 Å². The number of nitrogens with zero attached hydrogens (tertiary/aromatic N) is 1. The van der Waals surface area contributed by atoms with Crippen LogP contribution in [-0.4, -0.2) is 31.1 Å². The third-order valence-electron chi connectivity index (χ3n) is 4.36. The van der Waals surface area contributed by atoms with Gasteiger partial charge in [-0.25, -0.2) is 0 Å². The van der Waals surface area contributed by atoms with E-state index in [1.54, 1.807) is 11.1 Å². The van der Waals surface area contributed by atoms with Gasteiger partial charge >= 0.3 is 0 Å². The molecule has 0 radical (unpaired) electrons. The average molecular weight is 260 g/mol. The summed E-state index contributed by atoms with van der Waals surface area (Å²) in [6, 6.07) is 9.64. The van der Waals surface area contributed by atoms with Crippen LogP contribution in [-0.2, 0) is 13.0 Å². The van der Waals surface area contributed by atoms with Crippen LogP contribution in [0.1, 0.15) is 43.7 Å². The standard InChI is InChI=1S/C17H28N2/c1-3-17(18-2)11-7-13-19-12-6-10-15-8-4-5-9-16(15)14-19/h4-5,8-9,17-18H,3,6-7,10-14H2,1-2H3. The van der Waals surface area contributed by atoms with Gasteiger partial charge in [0.25, 0.3) is 0 Å². The molecule has 2 nitrogen and oxygen atoms in total. The maximum atomic E-state index is 3.40. The third-order valence-corrected chi connectivity index (χ3v) is 4.36. The lowest BCUT2D eigenvalue weighted by molar-refractivity contribution is 0.258. The topological polar surface area (TPSA) is 15.3 Å². The largest absolute Gasteiger partial charge is 0.317 e. The average Bonchev–Trinajstić information content (AvgIpc) is 2.65. The second-order valence-corrected chi connectivity index (χ2v) is 5.68. The van der Waals surface area contributed by atoms with Crippen LogP contribution in [0.5, 0.6) is 0 Å². The fraction of sp³-hybridized carbons (Fsp3) is 0.647. The second kappa shape index (κ2) is 7.66. The molecule has 0 aliphatic carbocycles. The van der Waals surface area contributed by atoms with Crippen LogP contribution in [0.2, 0.25) is 0 Å². The number of benzene rings is 1. The quantitative estimate of drug-likeness (QED) is 0.845. The fourth-order valence-electron chi connectivity index (χ4n) is 3.07. The van der Waals surface area contributed by atoms with Gasteiger partial charge in [-0.2, -0.15) is 0 Å². The lowest BCUT2D eigenvalue weighted by Gasteiger charge is -2.22. The summed E-state index contributed by atoms with van der Waals surface area (Å²) in [6.45, 7) is 5.91. The maximum Gasteiger partial charge on any atom is 0.0236 e. The minimum atomic E-state index is 0.694. The lowest BCUT2D eigenvalue weighted by Crippen LogP contribution is -2.28. The smallest absolute Gasteiger partial charge is 0.0236 e. The van der Waals surface area contributed by atoms with Crippen LogP contribution in [0.4, 0.5) is 0 Å². The molecule has 1 N–H and O–H groups in total. The molecular weight excluding hydrogens is 232 g/mol. The first kappa shape index (κ1) is 14.5. The zero-order valence-corrected chi connectivity index (χ0v) is 12.5. The molecule has 0 spiro atoms. The lowest BCUT2D eigenvalue weighted by atomic mass is 10.0. The zero-order valence-electron chi connectivity index (χ0n) is 12.5. The number of nitrogens with one attached hydrogen (secondary N) is 1. The van der Waals surface area contributed by atoms with E-state index in [4.69, 9.17) is 0 Å². The Labute approximate surface area is 118 Å². The molecule has 0 saturated heterocycles. The van der Waals surface area contributed by atoms with Crippen molar-refractivity contribution in [3.05, 3.63) is 35.4 Å². The van der Waals surface area contributed by atoms with Crippen molar-refractivity contribution in [2.45, 2.75) is 51.6 Å². The Balaban J connectivity index is 1.82. The van der Waals surface area contributed by atoms with Crippen molar-refractivity contribution >= 4 is 0 Å². The van der Waals surface area contributed by atoms with E-state index in [1.807, 2.05) is 0 Å². The maximum absolute atomic E-state index is 3.40. The number of fused-ring (bicyclic) bond motifs is 1. The summed E-state index contributed by atoms with van der Waals surface area (Å²) in [5, 5.41) is 3.40. The van der Waals surface area contributed by atoms with Crippen LogP contribution < -0.4 is 5.32 Å². The van der Waals surface area contributed by atoms with Crippen molar-refractivity contribution in [1.82, 2.24) is 10.2 Å². The van der Waals surface area contributed by atoms with E-state index in [-0.39, 0.29) is 0 Å². The number of hydrogen-bond acceptors (Lipinski definition) is 2. The molecule has 0 amide bonds. The highest BCUT2D eigenvalue weighted by atomic mass is 15.1. The molecule has 1 aromatic carbocycles. The molecule has 1 aromatic rings. The van der Waals surface area contributed by atoms with Gasteiger partial charge in [0.1, 0.15) is 0 Å². The molecule has 1 aliphatic rings. The molecule has 19 heavy (non-hydrogen) atoms. The summed E-state index contributed by atoms with van der Waals surface area (Å²) in [5.41, 5.74) is 3.10. The van der Waals surface area contributed by atoms with Crippen LogP contribution in [0.15, 0.2) is 24.3 Å². The summed E-state index contributed by atoms with van der Waals surface area (Å²) >= 11 is 0. The summed E-state index contributed by atoms with van der Waals surface area (Å²) in [4.78, 5) is 2.63. The summed E-state index contributed by atoms with van der Waals surface area (Å²) < 4.78 is 0. The molecule has 2 rings (SSSR count). The van der Waals surface area contributed by atoms with Crippen LogP contribution in [0.25, 0.3) is 0 Å². The first-order valence-corrected chi connectivity index (χ1v) is 7.80. The van der Waals surface area contributed by atoms with Crippen LogP contribution in [0, 0.1) is 0 Å². The third kappa shape index (κ3) is 4.32. The minimum Gasteiger partial charge on any atom is -0.317 e. The van der Waals surface area contributed by atoms with E-state index in [0.717, 1.165) is 6.54 Å². The number of aryl methyl sites for hydroxylation is 1. The predicted octanol–water partition coefficient (Wildman–Crippen LogP) is 3.21. The summed E-state index contributed by atoms with van der Waals surface area (Å²) in [6.07, 6.45) is 6.40. The highest BCUT2D eigenvalue weighted by molar-refractivity contribution is 5.27. The molecular formula is C17H28N2. The Hall–Kier alpha value is -0.860. The van der Waals surface area contributed by atoms with E-state index in [2.05, 4.69) is 48.5 Å². The zero-order chi connectivity index (χ0) is 13.5. The van der Waals surface area contributed by atoms with E-state index < -0.39 is 0 Å². The van der Waals surface area contributed by atoms with Crippen molar-refractivity contribution in [1.29, 1.82) is 0 Å². The van der Waals surface area contributed by atoms with Crippen LogP contribution in [0.3, 0.4) is 0 Å². The molecule has 1 heterocycles. The highest BCUT2D eigenvalue weighted by Crippen LogP contribution is 2.18. The molecule has 1 aliphatic heterocycles. The van der Waals surface area contributed by atoms with Crippen LogP contribution >= 0.6 is 0 Å². The Kier molecular flexibility index (Phi) is 5.87.